The van der Waals surface area contributed by atoms with Gasteiger partial charge in [-0.25, -0.2) is 0 Å². The number of carboxylic acids is 1. The lowest BCUT2D eigenvalue weighted by molar-refractivity contribution is -0.255. The molecule has 0 atom stereocenters. The van der Waals surface area contributed by atoms with E-state index in [1.54, 1.807) is 18.3 Å². The van der Waals surface area contributed by atoms with Crippen LogP contribution in [0.25, 0.3) is 0 Å². The molecule has 0 aromatic heterocycles. The van der Waals surface area contributed by atoms with E-state index in [4.69, 9.17) is 4.74 Å². The number of ether oxygens (including phenoxy) is 1. The van der Waals surface area contributed by atoms with Crippen LogP contribution in [-0.4, -0.2) is 12.2 Å². The Bertz CT molecular complexity index is 908. The number of hydrogen-bond donors (Lipinski definition) is 1. The second-order valence-corrected chi connectivity index (χ2v) is 5.59. The third-order valence-electron chi connectivity index (χ3n) is 3.61. The van der Waals surface area contributed by atoms with Crippen molar-refractivity contribution >= 4 is 17.9 Å². The van der Waals surface area contributed by atoms with Crippen LogP contribution in [0.3, 0.4) is 0 Å². The standard InChI is InChI=1S/C21H18N2O3/c24-21(25)18-9-5-10-19(13-18)23-22-14-17-8-4-11-20(12-17)26-15-16-6-2-1-3-7-16/h1-14,23H,15H2,(H,24,25)/p-1/b22-14-. The lowest BCUT2D eigenvalue weighted by atomic mass is 10.2. The number of carboxylic acid groups (broad SMARTS) is 1. The number of aromatic carboxylic acids is 1. The Hall–Kier alpha value is -3.60. The number of nitrogens with zero attached hydrogens (tertiary/aromatic N) is 1. The molecule has 5 heteroatoms. The van der Waals surface area contributed by atoms with Gasteiger partial charge in [-0.1, -0.05) is 54.6 Å². The summed E-state index contributed by atoms with van der Waals surface area (Å²) >= 11 is 0. The Morgan fingerprint density at radius 2 is 1.81 bits per heavy atom. The normalized spacial score (nSPS) is 10.6. The molecule has 0 heterocycles. The molecule has 3 aromatic carbocycles. The average Bonchev–Trinajstić information content (AvgIpc) is 2.68. The molecule has 0 amide bonds. The van der Waals surface area contributed by atoms with E-state index in [1.807, 2.05) is 54.6 Å². The van der Waals surface area contributed by atoms with E-state index in [-0.39, 0.29) is 5.56 Å². The summed E-state index contributed by atoms with van der Waals surface area (Å²) in [6.07, 6.45) is 1.64. The first kappa shape index (κ1) is 17.2. The Morgan fingerprint density at radius 3 is 2.62 bits per heavy atom. The zero-order valence-corrected chi connectivity index (χ0v) is 14.0. The number of anilines is 1. The molecule has 0 aliphatic heterocycles. The fraction of sp³-hybridized carbons (Fsp3) is 0.0476. The van der Waals surface area contributed by atoms with Crippen LogP contribution in [0.4, 0.5) is 5.69 Å². The summed E-state index contributed by atoms with van der Waals surface area (Å²) in [6, 6.07) is 23.8. The highest BCUT2D eigenvalue weighted by Gasteiger charge is 1.98. The van der Waals surface area contributed by atoms with E-state index >= 15 is 0 Å². The van der Waals surface area contributed by atoms with Gasteiger partial charge in [0.25, 0.3) is 0 Å². The minimum atomic E-state index is -1.22. The van der Waals surface area contributed by atoms with Crippen LogP contribution in [0.2, 0.25) is 0 Å². The minimum Gasteiger partial charge on any atom is -0.545 e. The number of rotatable bonds is 7. The van der Waals surface area contributed by atoms with Gasteiger partial charge in [0.05, 0.1) is 17.9 Å². The van der Waals surface area contributed by atoms with Crippen molar-refractivity contribution in [2.24, 2.45) is 5.10 Å². The number of benzene rings is 3. The van der Waals surface area contributed by atoms with Gasteiger partial charge in [-0.2, -0.15) is 5.10 Å². The molecule has 1 N–H and O–H groups in total. The van der Waals surface area contributed by atoms with Crippen molar-refractivity contribution in [3.63, 3.8) is 0 Å². The highest BCUT2D eigenvalue weighted by molar-refractivity contribution is 5.87. The Balaban J connectivity index is 1.60. The predicted molar refractivity (Wildman–Crippen MR) is 99.2 cm³/mol. The largest absolute Gasteiger partial charge is 0.545 e. The van der Waals surface area contributed by atoms with Crippen LogP contribution in [0.5, 0.6) is 5.75 Å². The maximum absolute atomic E-state index is 10.9. The highest BCUT2D eigenvalue weighted by atomic mass is 16.5. The van der Waals surface area contributed by atoms with E-state index < -0.39 is 5.97 Å². The van der Waals surface area contributed by atoms with Gasteiger partial charge >= 0.3 is 0 Å². The second-order valence-electron chi connectivity index (χ2n) is 5.59. The van der Waals surface area contributed by atoms with E-state index in [1.165, 1.54) is 12.1 Å². The van der Waals surface area contributed by atoms with Gasteiger partial charge in [0, 0.05) is 0 Å². The zero-order valence-electron chi connectivity index (χ0n) is 14.0. The molecule has 0 saturated heterocycles. The third-order valence-corrected chi connectivity index (χ3v) is 3.61. The van der Waals surface area contributed by atoms with Crippen molar-refractivity contribution in [1.82, 2.24) is 0 Å². The fourth-order valence-electron chi connectivity index (χ4n) is 2.32. The van der Waals surface area contributed by atoms with Crippen LogP contribution >= 0.6 is 0 Å². The minimum absolute atomic E-state index is 0.0986. The Kier molecular flexibility index (Phi) is 5.62. The molecular weight excluding hydrogens is 328 g/mol. The van der Waals surface area contributed by atoms with Crippen molar-refractivity contribution in [3.05, 3.63) is 95.6 Å². The SMILES string of the molecule is O=C([O-])c1cccc(N/N=C\c2cccc(OCc3ccccc3)c2)c1. The van der Waals surface area contributed by atoms with Crippen LogP contribution in [0.1, 0.15) is 21.5 Å². The first-order chi connectivity index (χ1) is 12.7. The molecule has 3 aromatic rings. The van der Waals surface area contributed by atoms with Crippen LogP contribution < -0.4 is 15.3 Å². The molecular formula is C21H17N2O3-. The molecule has 3 rings (SSSR count). The van der Waals surface area contributed by atoms with Gasteiger partial charge in [-0.05, 0) is 41.0 Å². The summed E-state index contributed by atoms with van der Waals surface area (Å²) in [4.78, 5) is 10.9. The molecule has 26 heavy (non-hydrogen) atoms. The van der Waals surface area contributed by atoms with Gasteiger partial charge in [0.2, 0.25) is 0 Å². The van der Waals surface area contributed by atoms with Gasteiger partial charge in [0.1, 0.15) is 12.4 Å². The summed E-state index contributed by atoms with van der Waals surface area (Å²) in [6.45, 7) is 0.496. The number of hydrogen-bond acceptors (Lipinski definition) is 5. The predicted octanol–water partition coefficient (Wildman–Crippen LogP) is 3.08. The highest BCUT2D eigenvalue weighted by Crippen LogP contribution is 2.15. The molecule has 0 aliphatic rings. The lowest BCUT2D eigenvalue weighted by Crippen LogP contribution is -2.22. The topological polar surface area (TPSA) is 73.8 Å². The molecule has 5 nitrogen and oxygen atoms in total. The second kappa shape index (κ2) is 8.48. The van der Waals surface area contributed by atoms with Crippen molar-refractivity contribution in [3.8, 4) is 5.75 Å². The first-order valence-corrected chi connectivity index (χ1v) is 8.08. The lowest BCUT2D eigenvalue weighted by Gasteiger charge is -2.07. The van der Waals surface area contributed by atoms with Crippen molar-refractivity contribution in [1.29, 1.82) is 0 Å². The molecule has 0 fully saturated rings. The molecule has 0 aliphatic carbocycles. The molecule has 0 saturated carbocycles. The number of hydrazone groups is 1. The molecule has 130 valence electrons. The zero-order chi connectivity index (χ0) is 18.2. The van der Waals surface area contributed by atoms with E-state index in [0.717, 1.165) is 16.9 Å². The van der Waals surface area contributed by atoms with E-state index in [2.05, 4.69) is 10.5 Å². The van der Waals surface area contributed by atoms with Crippen LogP contribution in [-0.2, 0) is 6.61 Å². The fourth-order valence-corrected chi connectivity index (χ4v) is 2.32. The quantitative estimate of drug-likeness (QED) is 0.527. The maximum atomic E-state index is 10.9. The molecule has 0 spiro atoms. The first-order valence-electron chi connectivity index (χ1n) is 8.08. The summed E-state index contributed by atoms with van der Waals surface area (Å²) in [5, 5.41) is 15.0. The number of nitrogens with one attached hydrogen (secondary N) is 1. The van der Waals surface area contributed by atoms with Gasteiger partial charge < -0.3 is 14.6 Å². The smallest absolute Gasteiger partial charge is 0.120 e. The molecule has 0 radical (unpaired) electrons. The van der Waals surface area contributed by atoms with Crippen molar-refractivity contribution in [2.75, 3.05) is 5.43 Å². The van der Waals surface area contributed by atoms with Gasteiger partial charge in [-0.15, -0.1) is 0 Å². The molecule has 0 bridgehead atoms. The van der Waals surface area contributed by atoms with Gasteiger partial charge in [-0.3, -0.25) is 5.43 Å². The third kappa shape index (κ3) is 4.95. The van der Waals surface area contributed by atoms with E-state index in [9.17, 15) is 9.90 Å². The summed E-state index contributed by atoms with van der Waals surface area (Å²) < 4.78 is 5.79. The van der Waals surface area contributed by atoms with Gasteiger partial charge in [0.15, 0.2) is 0 Å². The number of carbonyl (C=O) groups is 1. The molecule has 0 unspecified atom stereocenters. The summed E-state index contributed by atoms with van der Waals surface area (Å²) in [5.41, 5.74) is 5.43. The summed E-state index contributed by atoms with van der Waals surface area (Å²) in [7, 11) is 0. The van der Waals surface area contributed by atoms with Crippen LogP contribution in [0.15, 0.2) is 84.0 Å². The van der Waals surface area contributed by atoms with E-state index in [0.29, 0.717) is 12.3 Å². The van der Waals surface area contributed by atoms with Crippen LogP contribution in [0, 0.1) is 0 Å². The average molecular weight is 345 g/mol. The number of carbonyl (C=O) groups excluding carboxylic acids is 1. The monoisotopic (exact) mass is 345 g/mol. The van der Waals surface area contributed by atoms with Crippen molar-refractivity contribution < 1.29 is 14.6 Å². The Morgan fingerprint density at radius 1 is 1.00 bits per heavy atom. The van der Waals surface area contributed by atoms with Crippen molar-refractivity contribution in [2.45, 2.75) is 6.61 Å². The summed E-state index contributed by atoms with van der Waals surface area (Å²) in [5.74, 6) is -0.474. The maximum Gasteiger partial charge on any atom is 0.120 e. The Labute approximate surface area is 151 Å².